The highest BCUT2D eigenvalue weighted by molar-refractivity contribution is 8.00. The molecule has 1 aromatic heterocycles. The van der Waals surface area contributed by atoms with Gasteiger partial charge >= 0.3 is 0 Å². The highest BCUT2D eigenvalue weighted by Gasteiger charge is 2.28. The molecule has 0 spiro atoms. The third-order valence-corrected chi connectivity index (χ3v) is 6.42. The summed E-state index contributed by atoms with van der Waals surface area (Å²) in [5.74, 6) is 2.95. The van der Waals surface area contributed by atoms with Crippen molar-refractivity contribution >= 4 is 17.6 Å². The molecule has 0 aromatic carbocycles. The average Bonchev–Trinajstić information content (AvgIpc) is 3.04. The molecule has 3 rings (SSSR count). The van der Waals surface area contributed by atoms with Crippen LogP contribution in [-0.2, 0) is 16.5 Å². The van der Waals surface area contributed by atoms with Gasteiger partial charge in [0.25, 0.3) is 0 Å². The predicted molar refractivity (Wildman–Crippen MR) is 118 cm³/mol. The molecule has 0 saturated carbocycles. The van der Waals surface area contributed by atoms with Crippen molar-refractivity contribution in [2.75, 3.05) is 31.0 Å². The van der Waals surface area contributed by atoms with Crippen LogP contribution in [0.1, 0.15) is 25.5 Å². The fraction of sp³-hybridized carbons (Fsp3) is 0.500. The molecule has 1 aromatic rings. The van der Waals surface area contributed by atoms with Crippen LogP contribution >= 0.6 is 11.8 Å². The van der Waals surface area contributed by atoms with Crippen LogP contribution in [0, 0.1) is 6.92 Å². The molecule has 0 N–H and O–H groups in total. The zero-order valence-corrected chi connectivity index (χ0v) is 18.1. The molecular formula is C22H31N3O2S. The quantitative estimate of drug-likeness (QED) is 0.575. The van der Waals surface area contributed by atoms with Gasteiger partial charge < -0.3 is 14.4 Å². The highest BCUT2D eigenvalue weighted by Crippen LogP contribution is 2.32. The maximum absolute atomic E-state index is 6.06. The van der Waals surface area contributed by atoms with Crippen LogP contribution in [0.5, 0.6) is 0 Å². The molecule has 2 unspecified atom stereocenters. The molecule has 0 radical (unpaired) electrons. The molecule has 1 aliphatic heterocycles. The summed E-state index contributed by atoms with van der Waals surface area (Å²) in [6.45, 7) is 5.65. The van der Waals surface area contributed by atoms with Gasteiger partial charge in [-0.1, -0.05) is 24.3 Å². The van der Waals surface area contributed by atoms with Crippen LogP contribution in [0.2, 0.25) is 0 Å². The van der Waals surface area contributed by atoms with Crippen LogP contribution < -0.4 is 4.90 Å². The Labute approximate surface area is 172 Å². The standard InChI is InChI=1S/C22H31N3O2S/c1-17-15-22(23-24(17)3)25-12-11-21(27-14-8-13-26-4)18(2)20(25)16-28-19-9-6-5-7-10-19/h5-7,9,11-12,15,19-20H,8,10,13-14,16H2,1-4H3. The van der Waals surface area contributed by atoms with Crippen LogP contribution in [-0.4, -0.2) is 47.1 Å². The summed E-state index contributed by atoms with van der Waals surface area (Å²) in [7, 11) is 3.71. The van der Waals surface area contributed by atoms with Crippen molar-refractivity contribution in [2.45, 2.75) is 38.0 Å². The number of aromatic nitrogens is 2. The van der Waals surface area contributed by atoms with E-state index in [1.54, 1.807) is 7.11 Å². The molecule has 2 heterocycles. The van der Waals surface area contributed by atoms with Gasteiger partial charge in [-0.2, -0.15) is 16.9 Å². The van der Waals surface area contributed by atoms with Crippen molar-refractivity contribution in [3.05, 3.63) is 59.7 Å². The summed E-state index contributed by atoms with van der Waals surface area (Å²) in [5, 5.41) is 5.23. The lowest BCUT2D eigenvalue weighted by atomic mass is 10.0. The van der Waals surface area contributed by atoms with Crippen molar-refractivity contribution in [3.8, 4) is 0 Å². The second-order valence-corrected chi connectivity index (χ2v) is 8.44. The van der Waals surface area contributed by atoms with E-state index in [1.165, 1.54) is 5.57 Å². The van der Waals surface area contributed by atoms with E-state index in [0.717, 1.165) is 42.5 Å². The van der Waals surface area contributed by atoms with E-state index in [0.29, 0.717) is 11.9 Å². The van der Waals surface area contributed by atoms with Crippen LogP contribution in [0.25, 0.3) is 0 Å². The van der Waals surface area contributed by atoms with Crippen molar-refractivity contribution < 1.29 is 9.47 Å². The van der Waals surface area contributed by atoms with Gasteiger partial charge in [0.15, 0.2) is 5.82 Å². The number of rotatable bonds is 9. The first-order chi connectivity index (χ1) is 13.6. The number of methoxy groups -OCH3 is 1. The van der Waals surface area contributed by atoms with E-state index in [2.05, 4.69) is 61.4 Å². The third-order valence-electron chi connectivity index (χ3n) is 5.14. The lowest BCUT2D eigenvalue weighted by molar-refractivity contribution is 0.147. The molecule has 0 fully saturated rings. The monoisotopic (exact) mass is 401 g/mol. The zero-order valence-electron chi connectivity index (χ0n) is 17.3. The minimum atomic E-state index is 0.223. The highest BCUT2D eigenvalue weighted by atomic mass is 32.2. The number of aryl methyl sites for hydroxylation is 2. The largest absolute Gasteiger partial charge is 0.493 e. The Hall–Kier alpha value is -1.92. The Morgan fingerprint density at radius 2 is 2.11 bits per heavy atom. The molecule has 0 bridgehead atoms. The number of hydrogen-bond acceptors (Lipinski definition) is 5. The van der Waals surface area contributed by atoms with Gasteiger partial charge in [0.2, 0.25) is 0 Å². The average molecular weight is 402 g/mol. The molecule has 5 nitrogen and oxygen atoms in total. The van der Waals surface area contributed by atoms with Crippen molar-refractivity contribution in [3.63, 3.8) is 0 Å². The number of anilines is 1. The first-order valence-electron chi connectivity index (χ1n) is 9.84. The Kier molecular flexibility index (Phi) is 7.45. The van der Waals surface area contributed by atoms with E-state index in [1.807, 2.05) is 23.5 Å². The Morgan fingerprint density at radius 1 is 1.25 bits per heavy atom. The number of thioether (sulfide) groups is 1. The number of allylic oxidation sites excluding steroid dienone is 4. The zero-order chi connectivity index (χ0) is 19.9. The molecule has 0 saturated heterocycles. The van der Waals surface area contributed by atoms with Gasteiger partial charge in [-0.05, 0) is 31.9 Å². The molecule has 28 heavy (non-hydrogen) atoms. The van der Waals surface area contributed by atoms with E-state index < -0.39 is 0 Å². The molecule has 0 amide bonds. The number of hydrogen-bond donors (Lipinski definition) is 0. The van der Waals surface area contributed by atoms with E-state index >= 15 is 0 Å². The Morgan fingerprint density at radius 3 is 2.79 bits per heavy atom. The SMILES string of the molecule is COCCCOC1=C(C)C(CSC2C=CC=CC2)N(c2cc(C)n(C)n2)C=C1. The number of nitrogens with zero attached hydrogens (tertiary/aromatic N) is 3. The number of ether oxygens (including phenoxy) is 2. The second kappa shape index (κ2) is 10.0. The molecule has 2 atom stereocenters. The fourth-order valence-corrected chi connectivity index (χ4v) is 4.60. The summed E-state index contributed by atoms with van der Waals surface area (Å²) in [6.07, 6.45) is 15.0. The first kappa shape index (κ1) is 20.8. The topological polar surface area (TPSA) is 39.5 Å². The third kappa shape index (κ3) is 5.11. The summed E-state index contributed by atoms with van der Waals surface area (Å²) in [4.78, 5) is 2.28. The smallest absolute Gasteiger partial charge is 0.155 e. The Bertz CT molecular complexity index is 759. The molecule has 152 valence electrons. The van der Waals surface area contributed by atoms with Crippen LogP contribution in [0.3, 0.4) is 0 Å². The second-order valence-electron chi connectivity index (χ2n) is 7.17. The van der Waals surface area contributed by atoms with Gasteiger partial charge in [-0.3, -0.25) is 4.68 Å². The summed E-state index contributed by atoms with van der Waals surface area (Å²) in [6, 6.07) is 2.37. The van der Waals surface area contributed by atoms with Gasteiger partial charge in [-0.25, -0.2) is 0 Å². The van der Waals surface area contributed by atoms with E-state index in [9.17, 15) is 0 Å². The van der Waals surface area contributed by atoms with Crippen molar-refractivity contribution in [1.82, 2.24) is 9.78 Å². The van der Waals surface area contributed by atoms with E-state index in [-0.39, 0.29) is 6.04 Å². The maximum Gasteiger partial charge on any atom is 0.155 e. The van der Waals surface area contributed by atoms with Gasteiger partial charge in [0.05, 0.1) is 12.6 Å². The lowest BCUT2D eigenvalue weighted by Crippen LogP contribution is -2.37. The van der Waals surface area contributed by atoms with Crippen LogP contribution in [0.15, 0.2) is 54.0 Å². The maximum atomic E-state index is 6.06. The van der Waals surface area contributed by atoms with Gasteiger partial charge in [0.1, 0.15) is 5.76 Å². The molecular weight excluding hydrogens is 370 g/mol. The predicted octanol–water partition coefficient (Wildman–Crippen LogP) is 4.38. The summed E-state index contributed by atoms with van der Waals surface area (Å²) >= 11 is 1.99. The minimum Gasteiger partial charge on any atom is -0.493 e. The van der Waals surface area contributed by atoms with E-state index in [4.69, 9.17) is 14.6 Å². The summed E-state index contributed by atoms with van der Waals surface area (Å²) in [5.41, 5.74) is 2.41. The molecule has 1 aliphatic carbocycles. The normalized spacial score (nSPS) is 21.6. The first-order valence-corrected chi connectivity index (χ1v) is 10.9. The molecule has 2 aliphatic rings. The molecule has 6 heteroatoms. The minimum absolute atomic E-state index is 0.223. The van der Waals surface area contributed by atoms with Crippen molar-refractivity contribution in [1.29, 1.82) is 0 Å². The van der Waals surface area contributed by atoms with Gasteiger partial charge in [0, 0.05) is 56.1 Å². The lowest BCUT2D eigenvalue weighted by Gasteiger charge is -2.34. The van der Waals surface area contributed by atoms with Gasteiger partial charge in [-0.15, -0.1) is 0 Å². The van der Waals surface area contributed by atoms with Crippen LogP contribution in [0.4, 0.5) is 5.82 Å². The van der Waals surface area contributed by atoms with Crippen molar-refractivity contribution in [2.24, 2.45) is 7.05 Å². The fourth-order valence-electron chi connectivity index (χ4n) is 3.31. The summed E-state index contributed by atoms with van der Waals surface area (Å²) < 4.78 is 13.1. The Balaban J connectivity index is 1.75.